The number of nitrogens with zero attached hydrogens (tertiary/aromatic N) is 3. The highest BCUT2D eigenvalue weighted by Crippen LogP contribution is 2.34. The molecule has 2 aromatic rings. The smallest absolute Gasteiger partial charge is 0.206 e. The third kappa shape index (κ3) is 4.01. The van der Waals surface area contributed by atoms with Gasteiger partial charge in [-0.25, -0.2) is 4.68 Å². The molecule has 1 aromatic heterocycles. The van der Waals surface area contributed by atoms with Crippen molar-refractivity contribution in [1.82, 2.24) is 4.68 Å². The lowest BCUT2D eigenvalue weighted by molar-refractivity contribution is 0.395. The third-order valence-electron chi connectivity index (χ3n) is 4.65. The zero-order chi connectivity index (χ0) is 18.5. The van der Waals surface area contributed by atoms with E-state index in [1.807, 2.05) is 29.8 Å². The van der Waals surface area contributed by atoms with E-state index in [1.165, 1.54) is 18.6 Å². The molecule has 3 rings (SSSR count). The van der Waals surface area contributed by atoms with E-state index in [2.05, 4.69) is 17.3 Å². The first kappa shape index (κ1) is 18.7. The fraction of sp³-hybridized carbons (Fsp3) is 0.500. The fourth-order valence-electron chi connectivity index (χ4n) is 3.33. The molecule has 1 aromatic carbocycles. The summed E-state index contributed by atoms with van der Waals surface area (Å²) in [6, 6.07) is 5.88. The molecular weight excluding hydrogens is 346 g/mol. The summed E-state index contributed by atoms with van der Waals surface area (Å²) in [5.41, 5.74) is 3.26. The van der Waals surface area contributed by atoms with Gasteiger partial charge in [-0.3, -0.25) is 4.99 Å². The number of aromatic nitrogens is 1. The summed E-state index contributed by atoms with van der Waals surface area (Å²) < 4.78 is 12.9. The molecule has 26 heavy (non-hydrogen) atoms. The molecule has 0 spiro atoms. The van der Waals surface area contributed by atoms with Gasteiger partial charge in [0.05, 0.1) is 19.9 Å². The molecular formula is C20H27N3O2S. The van der Waals surface area contributed by atoms with Gasteiger partial charge in [0.15, 0.2) is 0 Å². The number of hydrogen-bond donors (Lipinski definition) is 0. The van der Waals surface area contributed by atoms with Gasteiger partial charge in [0.25, 0.3) is 0 Å². The van der Waals surface area contributed by atoms with Crippen molar-refractivity contribution in [2.24, 2.45) is 16.0 Å². The number of ether oxygens (including phenoxy) is 2. The Morgan fingerprint density at radius 3 is 2.81 bits per heavy atom. The quantitative estimate of drug-likeness (QED) is 0.771. The minimum atomic E-state index is 0.701. The van der Waals surface area contributed by atoms with Crippen molar-refractivity contribution in [3.8, 4) is 22.8 Å². The summed E-state index contributed by atoms with van der Waals surface area (Å²) >= 11 is 1.62. The minimum absolute atomic E-state index is 0.701. The van der Waals surface area contributed by atoms with Gasteiger partial charge in [0.1, 0.15) is 11.5 Å². The van der Waals surface area contributed by atoms with Gasteiger partial charge >= 0.3 is 0 Å². The van der Waals surface area contributed by atoms with Crippen molar-refractivity contribution in [3.63, 3.8) is 0 Å². The van der Waals surface area contributed by atoms with Gasteiger partial charge in [-0.1, -0.05) is 6.92 Å². The largest absolute Gasteiger partial charge is 0.497 e. The maximum atomic E-state index is 5.61. The van der Waals surface area contributed by atoms with Crippen molar-refractivity contribution < 1.29 is 9.47 Å². The topological polar surface area (TPSA) is 48.1 Å². The molecule has 1 saturated carbocycles. The van der Waals surface area contributed by atoms with E-state index in [9.17, 15) is 0 Å². The number of hydrogen-bond acceptors (Lipinski definition) is 5. The first-order valence-corrected chi connectivity index (χ1v) is 10.0. The van der Waals surface area contributed by atoms with E-state index in [-0.39, 0.29) is 0 Å². The standard InChI is InChI=1S/C20H27N3O2S/c1-5-21-20-23(22-15-8-6-7-14(2)11-15)18(13-26-20)17-10-9-16(24-3)12-19(17)25-4/h9-10,12-14H,5-8,11H2,1-4H3. The van der Waals surface area contributed by atoms with Crippen LogP contribution in [0.15, 0.2) is 33.7 Å². The van der Waals surface area contributed by atoms with Crippen LogP contribution in [0.25, 0.3) is 11.3 Å². The molecule has 1 atom stereocenters. The number of benzene rings is 1. The van der Waals surface area contributed by atoms with Crippen LogP contribution in [-0.2, 0) is 0 Å². The predicted molar refractivity (Wildman–Crippen MR) is 107 cm³/mol. The van der Waals surface area contributed by atoms with Crippen LogP contribution >= 0.6 is 11.3 Å². The second kappa shape index (κ2) is 8.54. The molecule has 0 radical (unpaired) electrons. The van der Waals surface area contributed by atoms with Crippen molar-refractivity contribution in [1.29, 1.82) is 0 Å². The minimum Gasteiger partial charge on any atom is -0.497 e. The van der Waals surface area contributed by atoms with Gasteiger partial charge < -0.3 is 9.47 Å². The maximum Gasteiger partial charge on any atom is 0.206 e. The number of rotatable bonds is 5. The van der Waals surface area contributed by atoms with Crippen LogP contribution in [0.3, 0.4) is 0 Å². The monoisotopic (exact) mass is 373 g/mol. The highest BCUT2D eigenvalue weighted by Gasteiger charge is 2.17. The first-order valence-electron chi connectivity index (χ1n) is 9.16. The molecule has 0 amide bonds. The van der Waals surface area contributed by atoms with E-state index in [4.69, 9.17) is 14.6 Å². The van der Waals surface area contributed by atoms with Gasteiger partial charge in [-0.2, -0.15) is 5.10 Å². The Labute approximate surface area is 159 Å². The normalized spacial score (nSPS) is 19.8. The summed E-state index contributed by atoms with van der Waals surface area (Å²) in [4.78, 5) is 5.56. The van der Waals surface area contributed by atoms with Gasteiger partial charge in [0, 0.05) is 29.3 Å². The Kier molecular flexibility index (Phi) is 6.14. The van der Waals surface area contributed by atoms with Crippen molar-refractivity contribution in [3.05, 3.63) is 28.4 Å². The molecule has 1 fully saturated rings. The zero-order valence-corrected chi connectivity index (χ0v) is 16.8. The molecule has 1 unspecified atom stereocenters. The van der Waals surface area contributed by atoms with Crippen LogP contribution in [0.2, 0.25) is 0 Å². The van der Waals surface area contributed by atoms with E-state index in [0.29, 0.717) is 5.92 Å². The van der Waals surface area contributed by atoms with E-state index in [0.717, 1.165) is 46.9 Å². The molecule has 0 N–H and O–H groups in total. The number of methoxy groups -OCH3 is 2. The Morgan fingerprint density at radius 1 is 1.27 bits per heavy atom. The highest BCUT2D eigenvalue weighted by atomic mass is 32.1. The summed E-state index contributed by atoms with van der Waals surface area (Å²) in [5, 5.41) is 7.11. The van der Waals surface area contributed by atoms with Crippen molar-refractivity contribution in [2.45, 2.75) is 39.5 Å². The molecule has 5 nitrogen and oxygen atoms in total. The lowest BCUT2D eigenvalue weighted by atomic mass is 9.89. The van der Waals surface area contributed by atoms with Crippen molar-refractivity contribution >= 4 is 17.0 Å². The summed E-state index contributed by atoms with van der Waals surface area (Å²) in [5.74, 6) is 2.25. The molecule has 0 bridgehead atoms. The van der Waals surface area contributed by atoms with Gasteiger partial charge in [0.2, 0.25) is 4.80 Å². The van der Waals surface area contributed by atoms with Gasteiger partial charge in [-0.15, -0.1) is 11.3 Å². The Bertz CT molecular complexity index is 851. The van der Waals surface area contributed by atoms with E-state index < -0.39 is 0 Å². The average molecular weight is 374 g/mol. The Hall–Kier alpha value is -2.08. The second-order valence-electron chi connectivity index (χ2n) is 6.62. The van der Waals surface area contributed by atoms with Crippen LogP contribution in [0.5, 0.6) is 11.5 Å². The molecule has 1 aliphatic carbocycles. The van der Waals surface area contributed by atoms with Crippen LogP contribution in [-0.4, -0.2) is 31.2 Å². The molecule has 140 valence electrons. The van der Waals surface area contributed by atoms with Crippen LogP contribution in [0.1, 0.15) is 39.5 Å². The second-order valence-corrected chi connectivity index (χ2v) is 7.46. The summed E-state index contributed by atoms with van der Waals surface area (Å²) in [6.45, 7) is 5.09. The fourth-order valence-corrected chi connectivity index (χ4v) is 4.21. The predicted octanol–water partition coefficient (Wildman–Crippen LogP) is 4.57. The van der Waals surface area contributed by atoms with Crippen LogP contribution in [0.4, 0.5) is 0 Å². The van der Waals surface area contributed by atoms with Crippen LogP contribution < -0.4 is 14.3 Å². The molecule has 1 aliphatic rings. The highest BCUT2D eigenvalue weighted by molar-refractivity contribution is 7.07. The first-order chi connectivity index (χ1) is 12.7. The summed E-state index contributed by atoms with van der Waals surface area (Å²) in [6.07, 6.45) is 4.64. The van der Waals surface area contributed by atoms with E-state index >= 15 is 0 Å². The maximum absolute atomic E-state index is 5.61. The Balaban J connectivity index is 2.12. The lowest BCUT2D eigenvalue weighted by Crippen LogP contribution is -2.19. The third-order valence-corrected chi connectivity index (χ3v) is 5.51. The summed E-state index contributed by atoms with van der Waals surface area (Å²) in [7, 11) is 3.34. The molecule has 0 saturated heterocycles. The average Bonchev–Trinajstić information content (AvgIpc) is 3.03. The zero-order valence-electron chi connectivity index (χ0n) is 16.0. The lowest BCUT2D eigenvalue weighted by Gasteiger charge is -2.19. The van der Waals surface area contributed by atoms with E-state index in [1.54, 1.807) is 25.6 Å². The SMILES string of the molecule is CCN=c1scc(-c2ccc(OC)cc2OC)n1N=C1CCCC(C)C1. The molecule has 0 aliphatic heterocycles. The number of thiazole rings is 1. The molecule has 6 heteroatoms. The Morgan fingerprint density at radius 2 is 2.12 bits per heavy atom. The van der Waals surface area contributed by atoms with Crippen molar-refractivity contribution in [2.75, 3.05) is 20.8 Å². The molecule has 1 heterocycles. The van der Waals surface area contributed by atoms with Crippen LogP contribution in [0, 0.1) is 5.92 Å². The van der Waals surface area contributed by atoms with Gasteiger partial charge in [-0.05, 0) is 50.7 Å².